The van der Waals surface area contributed by atoms with E-state index in [1.54, 1.807) is 0 Å². The van der Waals surface area contributed by atoms with Gasteiger partial charge in [0.1, 0.15) is 0 Å². The van der Waals surface area contributed by atoms with Crippen molar-refractivity contribution in [3.63, 3.8) is 0 Å². The molecule has 0 bridgehead atoms. The summed E-state index contributed by atoms with van der Waals surface area (Å²) >= 11 is 0. The van der Waals surface area contributed by atoms with Crippen LogP contribution in [-0.4, -0.2) is 42.0 Å². The monoisotopic (exact) mass is 391 g/mol. The second kappa shape index (κ2) is 12.8. The van der Waals surface area contributed by atoms with Crippen LogP contribution in [0.15, 0.2) is 30.3 Å². The fourth-order valence-electron chi connectivity index (χ4n) is 4.32. The van der Waals surface area contributed by atoms with Crippen LogP contribution in [-0.2, 0) is 9.53 Å². The minimum atomic E-state index is -0.396. The number of nitrogens with one attached hydrogen (secondary N) is 1. The lowest BCUT2D eigenvalue weighted by Gasteiger charge is -2.23. The van der Waals surface area contributed by atoms with E-state index in [9.17, 15) is 15.0 Å². The summed E-state index contributed by atoms with van der Waals surface area (Å²) in [5.41, 5.74) is 1.02. The lowest BCUT2D eigenvalue weighted by atomic mass is 9.85. The summed E-state index contributed by atoms with van der Waals surface area (Å²) in [6, 6.07) is 9.92. The van der Waals surface area contributed by atoms with Crippen LogP contribution < -0.4 is 5.32 Å². The van der Waals surface area contributed by atoms with Crippen molar-refractivity contribution in [3.8, 4) is 0 Å². The van der Waals surface area contributed by atoms with Crippen LogP contribution in [0.4, 0.5) is 5.69 Å². The number of ether oxygens (including phenoxy) is 1. The van der Waals surface area contributed by atoms with Crippen LogP contribution in [0.2, 0.25) is 0 Å². The Hall–Kier alpha value is -1.59. The predicted molar refractivity (Wildman–Crippen MR) is 112 cm³/mol. The third-order valence-corrected chi connectivity index (χ3v) is 6.02. The number of carbonyl (C=O) groups is 1. The Morgan fingerprint density at radius 1 is 1.14 bits per heavy atom. The van der Waals surface area contributed by atoms with Crippen molar-refractivity contribution in [2.45, 2.75) is 76.4 Å². The second-order valence-corrected chi connectivity index (χ2v) is 8.08. The molecule has 0 aliphatic heterocycles. The van der Waals surface area contributed by atoms with Gasteiger partial charge in [-0.1, -0.05) is 43.9 Å². The molecule has 0 amide bonds. The zero-order valence-electron chi connectivity index (χ0n) is 17.2. The third-order valence-electron chi connectivity index (χ3n) is 6.02. The molecule has 5 heteroatoms. The first-order valence-electron chi connectivity index (χ1n) is 10.8. The van der Waals surface area contributed by atoms with E-state index in [0.29, 0.717) is 24.8 Å². The molecule has 1 fully saturated rings. The number of esters is 1. The largest absolute Gasteiger partial charge is 0.469 e. The van der Waals surface area contributed by atoms with Gasteiger partial charge in [-0.3, -0.25) is 4.79 Å². The first-order valence-corrected chi connectivity index (χ1v) is 10.8. The molecule has 28 heavy (non-hydrogen) atoms. The van der Waals surface area contributed by atoms with Gasteiger partial charge in [0.25, 0.3) is 0 Å². The highest BCUT2D eigenvalue weighted by molar-refractivity contribution is 5.68. The SMILES string of the molecule is COC(=O)CCCCCCC1CC[C@@H](O)[C@@H]1CCC(O)CNc1ccccc1. The average molecular weight is 392 g/mol. The number of rotatable bonds is 13. The summed E-state index contributed by atoms with van der Waals surface area (Å²) in [6.45, 7) is 0.539. The molecule has 0 saturated heterocycles. The standard InChI is InChI=1S/C23H37NO4/c1-28-23(27)12-8-3-2-5-9-18-13-16-22(26)21(18)15-14-20(25)17-24-19-10-6-4-7-11-19/h4,6-7,10-11,18,20-22,24-26H,2-3,5,8-9,12-17H2,1H3/t18?,20?,21-,22-/m1/s1. The molecule has 0 radical (unpaired) electrons. The van der Waals surface area contributed by atoms with Crippen molar-refractivity contribution in [1.82, 2.24) is 0 Å². The maximum absolute atomic E-state index is 11.1. The van der Waals surface area contributed by atoms with Gasteiger partial charge in [-0.05, 0) is 56.1 Å². The van der Waals surface area contributed by atoms with Crippen LogP contribution in [0.1, 0.15) is 64.2 Å². The Labute approximate surface area is 169 Å². The van der Waals surface area contributed by atoms with Gasteiger partial charge in [0.2, 0.25) is 0 Å². The summed E-state index contributed by atoms with van der Waals surface area (Å²) in [7, 11) is 1.43. The van der Waals surface area contributed by atoms with Crippen molar-refractivity contribution in [3.05, 3.63) is 30.3 Å². The van der Waals surface area contributed by atoms with Crippen molar-refractivity contribution >= 4 is 11.7 Å². The number of anilines is 1. The molecule has 3 N–H and O–H groups in total. The Bertz CT molecular complexity index is 551. The number of para-hydroxylation sites is 1. The Morgan fingerprint density at radius 3 is 2.64 bits per heavy atom. The normalized spacial score (nSPS) is 22.8. The lowest BCUT2D eigenvalue weighted by molar-refractivity contribution is -0.140. The average Bonchev–Trinajstić information content (AvgIpc) is 3.07. The summed E-state index contributed by atoms with van der Waals surface area (Å²) in [5, 5.41) is 23.9. The first-order chi connectivity index (χ1) is 13.6. The van der Waals surface area contributed by atoms with Gasteiger partial charge in [-0.25, -0.2) is 0 Å². The summed E-state index contributed by atoms with van der Waals surface area (Å²) in [6.07, 6.45) is 8.82. The van der Waals surface area contributed by atoms with E-state index < -0.39 is 6.10 Å². The number of methoxy groups -OCH3 is 1. The zero-order chi connectivity index (χ0) is 20.2. The smallest absolute Gasteiger partial charge is 0.305 e. The minimum Gasteiger partial charge on any atom is -0.469 e. The maximum Gasteiger partial charge on any atom is 0.305 e. The quantitative estimate of drug-likeness (QED) is 0.348. The molecule has 1 aliphatic carbocycles. The lowest BCUT2D eigenvalue weighted by Crippen LogP contribution is -2.24. The summed E-state index contributed by atoms with van der Waals surface area (Å²) in [5.74, 6) is 0.741. The number of hydrogen-bond acceptors (Lipinski definition) is 5. The van der Waals surface area contributed by atoms with Gasteiger partial charge in [0.05, 0.1) is 19.3 Å². The van der Waals surface area contributed by atoms with E-state index in [0.717, 1.165) is 63.5 Å². The van der Waals surface area contributed by atoms with Crippen LogP contribution in [0.25, 0.3) is 0 Å². The van der Waals surface area contributed by atoms with Crippen LogP contribution >= 0.6 is 0 Å². The van der Waals surface area contributed by atoms with Crippen LogP contribution in [0, 0.1) is 11.8 Å². The molecule has 0 heterocycles. The second-order valence-electron chi connectivity index (χ2n) is 8.08. The topological polar surface area (TPSA) is 78.8 Å². The van der Waals surface area contributed by atoms with E-state index in [1.807, 2.05) is 30.3 Å². The van der Waals surface area contributed by atoms with Gasteiger partial charge in [0.15, 0.2) is 0 Å². The molecule has 2 unspecified atom stereocenters. The predicted octanol–water partition coefficient (Wildman–Crippen LogP) is 4.14. The zero-order valence-corrected chi connectivity index (χ0v) is 17.2. The van der Waals surface area contributed by atoms with Crippen LogP contribution in [0.5, 0.6) is 0 Å². The van der Waals surface area contributed by atoms with Gasteiger partial charge >= 0.3 is 5.97 Å². The minimum absolute atomic E-state index is 0.126. The van der Waals surface area contributed by atoms with Gasteiger partial charge < -0.3 is 20.3 Å². The van der Waals surface area contributed by atoms with Crippen molar-refractivity contribution in [2.75, 3.05) is 19.0 Å². The number of unbranched alkanes of at least 4 members (excludes halogenated alkanes) is 3. The number of aliphatic hydroxyl groups is 2. The molecular weight excluding hydrogens is 354 g/mol. The van der Waals surface area contributed by atoms with Crippen molar-refractivity contribution in [1.29, 1.82) is 0 Å². The highest BCUT2D eigenvalue weighted by atomic mass is 16.5. The molecule has 0 aromatic heterocycles. The molecule has 4 atom stereocenters. The van der Waals surface area contributed by atoms with E-state index in [4.69, 9.17) is 0 Å². The molecular formula is C23H37NO4. The third kappa shape index (κ3) is 8.19. The molecule has 0 spiro atoms. The van der Waals surface area contributed by atoms with Crippen molar-refractivity contribution in [2.24, 2.45) is 11.8 Å². The van der Waals surface area contributed by atoms with Crippen molar-refractivity contribution < 1.29 is 19.7 Å². The number of benzene rings is 1. The molecule has 5 nitrogen and oxygen atoms in total. The highest BCUT2D eigenvalue weighted by Gasteiger charge is 2.34. The fourth-order valence-corrected chi connectivity index (χ4v) is 4.32. The molecule has 1 aromatic carbocycles. The van der Waals surface area contributed by atoms with Gasteiger partial charge in [-0.2, -0.15) is 0 Å². The summed E-state index contributed by atoms with van der Waals surface area (Å²) < 4.78 is 4.66. The van der Waals surface area contributed by atoms with E-state index in [2.05, 4.69) is 10.1 Å². The fraction of sp³-hybridized carbons (Fsp3) is 0.696. The first kappa shape index (κ1) is 22.7. The molecule has 1 saturated carbocycles. The molecule has 1 aromatic rings. The van der Waals surface area contributed by atoms with Gasteiger partial charge in [0, 0.05) is 18.7 Å². The Balaban J connectivity index is 1.61. The maximum atomic E-state index is 11.1. The van der Waals surface area contributed by atoms with Gasteiger partial charge in [-0.15, -0.1) is 0 Å². The summed E-state index contributed by atoms with van der Waals surface area (Å²) in [4.78, 5) is 11.1. The van der Waals surface area contributed by atoms with E-state index >= 15 is 0 Å². The van der Waals surface area contributed by atoms with E-state index in [1.165, 1.54) is 7.11 Å². The van der Waals surface area contributed by atoms with E-state index in [-0.39, 0.29) is 12.1 Å². The van der Waals surface area contributed by atoms with Crippen LogP contribution in [0.3, 0.4) is 0 Å². The Morgan fingerprint density at radius 2 is 1.89 bits per heavy atom. The molecule has 158 valence electrons. The number of carbonyl (C=O) groups excluding carboxylic acids is 1. The number of hydrogen-bond donors (Lipinski definition) is 3. The number of aliphatic hydroxyl groups excluding tert-OH is 2. The molecule has 2 rings (SSSR count). The Kier molecular flexibility index (Phi) is 10.4. The highest BCUT2D eigenvalue weighted by Crippen LogP contribution is 2.38. The molecule has 1 aliphatic rings.